The summed E-state index contributed by atoms with van der Waals surface area (Å²) in [6, 6.07) is 7.69. The minimum absolute atomic E-state index is 0.240. The Kier molecular flexibility index (Phi) is 3.74. The third-order valence-electron chi connectivity index (χ3n) is 4.72. The van der Waals surface area contributed by atoms with Gasteiger partial charge in [-0.15, -0.1) is 0 Å². The van der Waals surface area contributed by atoms with Crippen LogP contribution in [0.1, 0.15) is 31.2 Å². The highest BCUT2D eigenvalue weighted by molar-refractivity contribution is 6.30. The van der Waals surface area contributed by atoms with Crippen molar-refractivity contribution in [2.75, 3.05) is 19.7 Å². The number of carbonyl (C=O) groups excluding carboxylic acids is 1. The fourth-order valence-corrected chi connectivity index (χ4v) is 3.27. The maximum atomic E-state index is 12.8. The van der Waals surface area contributed by atoms with Crippen molar-refractivity contribution in [2.24, 2.45) is 5.92 Å². The highest BCUT2D eigenvalue weighted by atomic mass is 35.5. The Balaban J connectivity index is 1.72. The Bertz CT molecular complexity index is 488. The van der Waals surface area contributed by atoms with Gasteiger partial charge in [0.1, 0.15) is 0 Å². The van der Waals surface area contributed by atoms with E-state index >= 15 is 0 Å². The van der Waals surface area contributed by atoms with Crippen LogP contribution >= 0.6 is 11.6 Å². The van der Waals surface area contributed by atoms with Crippen molar-refractivity contribution < 1.29 is 9.90 Å². The molecular formula is C16H20ClNO2. The molecule has 4 heteroatoms. The third kappa shape index (κ3) is 2.45. The number of carbonyl (C=O) groups is 1. The van der Waals surface area contributed by atoms with E-state index in [4.69, 9.17) is 11.6 Å². The van der Waals surface area contributed by atoms with Gasteiger partial charge in [-0.3, -0.25) is 4.79 Å². The van der Waals surface area contributed by atoms with Crippen LogP contribution in [0.2, 0.25) is 5.02 Å². The normalized spacial score (nSPS) is 21.8. The summed E-state index contributed by atoms with van der Waals surface area (Å²) in [6.07, 6.45) is 3.71. The molecule has 1 aromatic carbocycles. The summed E-state index contributed by atoms with van der Waals surface area (Å²) >= 11 is 5.92. The van der Waals surface area contributed by atoms with Gasteiger partial charge in [-0.05, 0) is 49.3 Å². The van der Waals surface area contributed by atoms with Gasteiger partial charge in [-0.1, -0.05) is 23.7 Å². The first-order valence-corrected chi connectivity index (χ1v) is 7.70. The molecule has 3 nitrogen and oxygen atoms in total. The molecule has 0 spiro atoms. The van der Waals surface area contributed by atoms with E-state index in [2.05, 4.69) is 0 Å². The lowest BCUT2D eigenvalue weighted by atomic mass is 9.91. The third-order valence-corrected chi connectivity index (χ3v) is 4.97. The van der Waals surface area contributed by atoms with Gasteiger partial charge < -0.3 is 10.0 Å². The average molecular weight is 294 g/mol. The maximum Gasteiger partial charge on any atom is 0.233 e. The molecule has 1 aliphatic carbocycles. The molecule has 0 radical (unpaired) electrons. The van der Waals surface area contributed by atoms with E-state index in [0.29, 0.717) is 10.9 Å². The summed E-state index contributed by atoms with van der Waals surface area (Å²) in [6.45, 7) is 1.79. The summed E-state index contributed by atoms with van der Waals surface area (Å²) in [5.74, 6) is 0.626. The van der Waals surface area contributed by atoms with Crippen LogP contribution in [0, 0.1) is 5.92 Å². The highest BCUT2D eigenvalue weighted by Gasteiger charge is 2.53. The summed E-state index contributed by atoms with van der Waals surface area (Å²) in [5, 5.41) is 9.89. The maximum absolute atomic E-state index is 12.8. The van der Waals surface area contributed by atoms with Crippen molar-refractivity contribution in [3.05, 3.63) is 34.9 Å². The summed E-state index contributed by atoms with van der Waals surface area (Å²) < 4.78 is 0. The molecule has 1 heterocycles. The van der Waals surface area contributed by atoms with E-state index in [0.717, 1.165) is 44.3 Å². The van der Waals surface area contributed by atoms with Crippen LogP contribution in [0.4, 0.5) is 0 Å². The molecule has 1 aliphatic heterocycles. The van der Waals surface area contributed by atoms with Crippen molar-refractivity contribution in [1.82, 2.24) is 4.90 Å². The molecule has 1 amide bonds. The van der Waals surface area contributed by atoms with Gasteiger partial charge in [-0.2, -0.15) is 0 Å². The van der Waals surface area contributed by atoms with E-state index in [9.17, 15) is 9.90 Å². The lowest BCUT2D eigenvalue weighted by Gasteiger charge is -2.34. The summed E-state index contributed by atoms with van der Waals surface area (Å²) in [5.41, 5.74) is 0.799. The first-order chi connectivity index (χ1) is 9.65. The number of hydrogen-bond acceptors (Lipinski definition) is 2. The van der Waals surface area contributed by atoms with E-state index in [-0.39, 0.29) is 17.9 Å². The lowest BCUT2D eigenvalue weighted by molar-refractivity contribution is -0.135. The minimum Gasteiger partial charge on any atom is -0.396 e. The first-order valence-electron chi connectivity index (χ1n) is 7.32. The molecule has 2 fully saturated rings. The van der Waals surface area contributed by atoms with Gasteiger partial charge in [-0.25, -0.2) is 0 Å². The van der Waals surface area contributed by atoms with E-state index in [1.165, 1.54) is 0 Å². The number of aliphatic hydroxyl groups excluding tert-OH is 1. The van der Waals surface area contributed by atoms with Gasteiger partial charge >= 0.3 is 0 Å². The van der Waals surface area contributed by atoms with Crippen LogP contribution in [-0.4, -0.2) is 35.6 Å². The van der Waals surface area contributed by atoms with Crippen molar-refractivity contribution >= 4 is 17.5 Å². The number of hydrogen-bond donors (Lipinski definition) is 1. The standard InChI is InChI=1S/C16H20ClNO2/c17-14-3-1-13(2-4-14)16(7-8-16)15(20)18-9-5-12(11-19)6-10-18/h1-4,12,19H,5-11H2. The van der Waals surface area contributed by atoms with Gasteiger partial charge in [0.15, 0.2) is 0 Å². The molecular weight excluding hydrogens is 274 g/mol. The molecule has 1 aromatic rings. The first kappa shape index (κ1) is 13.9. The van der Waals surface area contributed by atoms with Crippen molar-refractivity contribution in [2.45, 2.75) is 31.1 Å². The fourth-order valence-electron chi connectivity index (χ4n) is 3.14. The average Bonchev–Trinajstić information content (AvgIpc) is 3.29. The minimum atomic E-state index is -0.295. The molecule has 0 aromatic heterocycles. The van der Waals surface area contributed by atoms with Crippen LogP contribution in [0.3, 0.4) is 0 Å². The number of amides is 1. The number of aliphatic hydroxyl groups is 1. The zero-order valence-electron chi connectivity index (χ0n) is 11.5. The highest BCUT2D eigenvalue weighted by Crippen LogP contribution is 2.50. The molecule has 0 unspecified atom stereocenters. The smallest absolute Gasteiger partial charge is 0.233 e. The molecule has 1 saturated heterocycles. The quantitative estimate of drug-likeness (QED) is 0.930. The monoisotopic (exact) mass is 293 g/mol. The van der Waals surface area contributed by atoms with Gasteiger partial charge in [0.05, 0.1) is 5.41 Å². The Morgan fingerprint density at radius 3 is 2.35 bits per heavy atom. The largest absolute Gasteiger partial charge is 0.396 e. The molecule has 3 rings (SSSR count). The number of halogens is 1. The van der Waals surface area contributed by atoms with Crippen LogP contribution in [0.15, 0.2) is 24.3 Å². The van der Waals surface area contributed by atoms with Gasteiger partial charge in [0.2, 0.25) is 5.91 Å². The van der Waals surface area contributed by atoms with Gasteiger partial charge in [0, 0.05) is 24.7 Å². The van der Waals surface area contributed by atoms with Crippen molar-refractivity contribution in [1.29, 1.82) is 0 Å². The fraction of sp³-hybridized carbons (Fsp3) is 0.562. The molecule has 2 aliphatic rings. The Hall–Kier alpha value is -1.06. The van der Waals surface area contributed by atoms with Crippen molar-refractivity contribution in [3.8, 4) is 0 Å². The Morgan fingerprint density at radius 2 is 1.85 bits per heavy atom. The van der Waals surface area contributed by atoms with Gasteiger partial charge in [0.25, 0.3) is 0 Å². The lowest BCUT2D eigenvalue weighted by Crippen LogP contribution is -2.44. The molecule has 0 atom stereocenters. The van der Waals surface area contributed by atoms with E-state index in [1.54, 1.807) is 0 Å². The molecule has 1 N–H and O–H groups in total. The van der Waals surface area contributed by atoms with Crippen LogP contribution in [0.25, 0.3) is 0 Å². The van der Waals surface area contributed by atoms with E-state index in [1.807, 2.05) is 29.2 Å². The second kappa shape index (κ2) is 5.38. The second-order valence-electron chi connectivity index (χ2n) is 6.01. The molecule has 108 valence electrons. The number of likely N-dealkylation sites (tertiary alicyclic amines) is 1. The Morgan fingerprint density at radius 1 is 1.25 bits per heavy atom. The number of piperidine rings is 1. The zero-order chi connectivity index (χ0) is 14.2. The van der Waals surface area contributed by atoms with E-state index < -0.39 is 0 Å². The van der Waals surface area contributed by atoms with Crippen LogP contribution in [0.5, 0.6) is 0 Å². The predicted octanol–water partition coefficient (Wildman–Crippen LogP) is 2.60. The molecule has 0 bridgehead atoms. The molecule has 1 saturated carbocycles. The predicted molar refractivity (Wildman–Crippen MR) is 78.8 cm³/mol. The topological polar surface area (TPSA) is 40.5 Å². The number of nitrogens with zero attached hydrogens (tertiary/aromatic N) is 1. The zero-order valence-corrected chi connectivity index (χ0v) is 12.3. The van der Waals surface area contributed by atoms with Crippen LogP contribution in [-0.2, 0) is 10.2 Å². The number of benzene rings is 1. The van der Waals surface area contributed by atoms with Crippen LogP contribution < -0.4 is 0 Å². The second-order valence-corrected chi connectivity index (χ2v) is 6.44. The molecule has 20 heavy (non-hydrogen) atoms. The SMILES string of the molecule is O=C(N1CCC(CO)CC1)C1(c2ccc(Cl)cc2)CC1. The number of rotatable bonds is 3. The summed E-state index contributed by atoms with van der Waals surface area (Å²) in [7, 11) is 0. The Labute approximate surface area is 124 Å². The van der Waals surface area contributed by atoms with Crippen molar-refractivity contribution in [3.63, 3.8) is 0 Å². The summed E-state index contributed by atoms with van der Waals surface area (Å²) in [4.78, 5) is 14.8.